The standard InChI is InChI=1S/C18H13FN4O4/c19-11-5-9(6-13-15(11)27-8-14(24)21-13)7-20-18(26)16-22-12-4-2-1-3-10(12)17(25)23-16/h1-6H,7-8H2,(H,20,26)(H,21,24)(H,22,23,25). The van der Waals surface area contributed by atoms with E-state index in [0.29, 0.717) is 16.5 Å². The highest BCUT2D eigenvalue weighted by Crippen LogP contribution is 2.31. The lowest BCUT2D eigenvalue weighted by atomic mass is 10.1. The highest BCUT2D eigenvalue weighted by atomic mass is 19.1. The molecule has 2 heterocycles. The molecule has 1 aromatic heterocycles. The fraction of sp³-hybridized carbons (Fsp3) is 0.111. The number of nitrogens with zero attached hydrogens (tertiary/aromatic N) is 1. The van der Waals surface area contributed by atoms with E-state index in [1.54, 1.807) is 24.3 Å². The van der Waals surface area contributed by atoms with Crippen LogP contribution in [0.3, 0.4) is 0 Å². The van der Waals surface area contributed by atoms with Gasteiger partial charge in [-0.05, 0) is 29.8 Å². The number of halogens is 1. The summed E-state index contributed by atoms with van der Waals surface area (Å²) in [7, 11) is 0. The van der Waals surface area contributed by atoms with E-state index in [4.69, 9.17) is 4.74 Å². The van der Waals surface area contributed by atoms with Gasteiger partial charge in [-0.25, -0.2) is 9.37 Å². The predicted octanol–water partition coefficient (Wildman–Crippen LogP) is 1.32. The number of ether oxygens (including phenoxy) is 1. The van der Waals surface area contributed by atoms with Crippen molar-refractivity contribution < 1.29 is 18.7 Å². The quantitative estimate of drug-likeness (QED) is 0.645. The Kier molecular flexibility index (Phi) is 4.03. The van der Waals surface area contributed by atoms with Crippen LogP contribution in [-0.4, -0.2) is 28.4 Å². The molecule has 3 aromatic rings. The first kappa shape index (κ1) is 16.7. The summed E-state index contributed by atoms with van der Waals surface area (Å²) in [5.74, 6) is -1.83. The highest BCUT2D eigenvalue weighted by molar-refractivity contribution is 5.95. The van der Waals surface area contributed by atoms with Crippen molar-refractivity contribution >= 4 is 28.4 Å². The monoisotopic (exact) mass is 368 g/mol. The van der Waals surface area contributed by atoms with Crippen molar-refractivity contribution in [3.63, 3.8) is 0 Å². The highest BCUT2D eigenvalue weighted by Gasteiger charge is 2.21. The van der Waals surface area contributed by atoms with Crippen LogP contribution in [0.25, 0.3) is 10.9 Å². The van der Waals surface area contributed by atoms with Crippen LogP contribution in [-0.2, 0) is 11.3 Å². The van der Waals surface area contributed by atoms with Gasteiger partial charge >= 0.3 is 0 Å². The van der Waals surface area contributed by atoms with Gasteiger partial charge in [-0.15, -0.1) is 0 Å². The van der Waals surface area contributed by atoms with E-state index in [1.165, 1.54) is 12.1 Å². The Bertz CT molecular complexity index is 1140. The molecule has 0 radical (unpaired) electrons. The topological polar surface area (TPSA) is 113 Å². The third kappa shape index (κ3) is 3.22. The molecule has 136 valence electrons. The normalized spacial score (nSPS) is 12.9. The fourth-order valence-electron chi connectivity index (χ4n) is 2.78. The van der Waals surface area contributed by atoms with Gasteiger partial charge in [0.2, 0.25) is 0 Å². The smallest absolute Gasteiger partial charge is 0.287 e. The zero-order valence-electron chi connectivity index (χ0n) is 13.8. The van der Waals surface area contributed by atoms with E-state index in [9.17, 15) is 18.8 Å². The van der Waals surface area contributed by atoms with Crippen molar-refractivity contribution in [1.29, 1.82) is 0 Å². The molecular weight excluding hydrogens is 355 g/mol. The van der Waals surface area contributed by atoms with E-state index in [2.05, 4.69) is 20.6 Å². The van der Waals surface area contributed by atoms with Crippen LogP contribution in [0.4, 0.5) is 10.1 Å². The Morgan fingerprint density at radius 3 is 2.93 bits per heavy atom. The summed E-state index contributed by atoms with van der Waals surface area (Å²) in [6, 6.07) is 9.35. The number of carbonyl (C=O) groups excluding carboxylic acids is 2. The number of rotatable bonds is 3. The minimum absolute atomic E-state index is 0.0323. The minimum atomic E-state index is -0.644. The van der Waals surface area contributed by atoms with Crippen LogP contribution in [0.5, 0.6) is 5.75 Å². The summed E-state index contributed by atoms with van der Waals surface area (Å²) >= 11 is 0. The molecule has 9 heteroatoms. The molecule has 4 rings (SSSR count). The maximum absolute atomic E-state index is 14.1. The number of anilines is 1. The van der Waals surface area contributed by atoms with Gasteiger partial charge in [-0.2, -0.15) is 0 Å². The number of para-hydroxylation sites is 1. The molecule has 2 aromatic carbocycles. The van der Waals surface area contributed by atoms with Gasteiger partial charge in [-0.1, -0.05) is 12.1 Å². The average Bonchev–Trinajstić information content (AvgIpc) is 2.65. The van der Waals surface area contributed by atoms with Crippen molar-refractivity contribution in [2.75, 3.05) is 11.9 Å². The van der Waals surface area contributed by atoms with Crippen LogP contribution in [0.1, 0.15) is 16.2 Å². The van der Waals surface area contributed by atoms with Gasteiger partial charge in [0.15, 0.2) is 24.0 Å². The number of hydrogen-bond acceptors (Lipinski definition) is 5. The molecule has 3 N–H and O–H groups in total. The number of benzene rings is 2. The molecule has 0 aliphatic carbocycles. The van der Waals surface area contributed by atoms with Crippen molar-refractivity contribution in [3.8, 4) is 5.75 Å². The average molecular weight is 368 g/mol. The van der Waals surface area contributed by atoms with E-state index >= 15 is 0 Å². The Labute approximate surface area is 151 Å². The molecule has 27 heavy (non-hydrogen) atoms. The molecule has 0 bridgehead atoms. The zero-order valence-corrected chi connectivity index (χ0v) is 13.8. The first-order chi connectivity index (χ1) is 13.0. The van der Waals surface area contributed by atoms with Crippen LogP contribution >= 0.6 is 0 Å². The van der Waals surface area contributed by atoms with Gasteiger partial charge < -0.3 is 20.4 Å². The van der Waals surface area contributed by atoms with Crippen molar-refractivity contribution in [2.45, 2.75) is 6.54 Å². The van der Waals surface area contributed by atoms with E-state index < -0.39 is 17.3 Å². The minimum Gasteiger partial charge on any atom is -0.478 e. The molecule has 0 atom stereocenters. The lowest BCUT2D eigenvalue weighted by Crippen LogP contribution is -2.28. The first-order valence-electron chi connectivity index (χ1n) is 8.03. The zero-order chi connectivity index (χ0) is 19.0. The Hall–Kier alpha value is -3.75. The summed E-state index contributed by atoms with van der Waals surface area (Å²) in [6.07, 6.45) is 0. The van der Waals surface area contributed by atoms with Crippen molar-refractivity contribution in [1.82, 2.24) is 15.3 Å². The van der Waals surface area contributed by atoms with Crippen LogP contribution < -0.4 is 20.9 Å². The molecular formula is C18H13FN4O4. The predicted molar refractivity (Wildman–Crippen MR) is 94.1 cm³/mol. The second-order valence-electron chi connectivity index (χ2n) is 5.91. The number of fused-ring (bicyclic) bond motifs is 2. The lowest BCUT2D eigenvalue weighted by Gasteiger charge is -2.19. The first-order valence-corrected chi connectivity index (χ1v) is 8.03. The molecule has 0 saturated heterocycles. The fourth-order valence-corrected chi connectivity index (χ4v) is 2.78. The molecule has 8 nitrogen and oxygen atoms in total. The van der Waals surface area contributed by atoms with Crippen LogP contribution in [0.15, 0.2) is 41.2 Å². The van der Waals surface area contributed by atoms with Crippen LogP contribution in [0.2, 0.25) is 0 Å². The largest absolute Gasteiger partial charge is 0.478 e. The van der Waals surface area contributed by atoms with E-state index in [0.717, 1.165) is 0 Å². The molecule has 0 saturated carbocycles. The van der Waals surface area contributed by atoms with Gasteiger partial charge in [0.05, 0.1) is 16.6 Å². The third-order valence-corrected chi connectivity index (χ3v) is 4.01. The maximum Gasteiger partial charge on any atom is 0.287 e. The summed E-state index contributed by atoms with van der Waals surface area (Å²) in [6.45, 7) is -0.281. The second kappa shape index (κ2) is 6.52. The van der Waals surface area contributed by atoms with Gasteiger partial charge in [0.1, 0.15) is 0 Å². The molecule has 1 aliphatic rings. The Morgan fingerprint density at radius 1 is 1.26 bits per heavy atom. The third-order valence-electron chi connectivity index (χ3n) is 4.01. The number of aromatic nitrogens is 2. The summed E-state index contributed by atoms with van der Waals surface area (Å²) < 4.78 is 19.1. The maximum atomic E-state index is 14.1. The lowest BCUT2D eigenvalue weighted by molar-refractivity contribution is -0.118. The van der Waals surface area contributed by atoms with Crippen molar-refractivity contribution in [2.24, 2.45) is 0 Å². The number of amides is 2. The SMILES string of the molecule is O=C1COc2c(F)cc(CNC(=O)c3nc4ccccc4c(=O)[nH]3)cc2N1. The molecule has 2 amide bonds. The summed E-state index contributed by atoms with van der Waals surface area (Å²) in [4.78, 5) is 42.3. The number of hydrogen-bond donors (Lipinski definition) is 3. The van der Waals surface area contributed by atoms with E-state index in [1.807, 2.05) is 0 Å². The van der Waals surface area contributed by atoms with Crippen molar-refractivity contribution in [3.05, 3.63) is 64.0 Å². The number of carbonyl (C=O) groups is 2. The molecule has 1 aliphatic heterocycles. The summed E-state index contributed by atoms with van der Waals surface area (Å²) in [5.41, 5.74) is 0.581. The number of aromatic amines is 1. The Balaban J connectivity index is 1.55. The second-order valence-corrected chi connectivity index (χ2v) is 5.91. The Morgan fingerprint density at radius 2 is 2.07 bits per heavy atom. The number of nitrogens with one attached hydrogen (secondary N) is 3. The molecule has 0 unspecified atom stereocenters. The molecule has 0 fully saturated rings. The van der Waals surface area contributed by atoms with Gasteiger partial charge in [0.25, 0.3) is 17.4 Å². The van der Waals surface area contributed by atoms with Gasteiger partial charge in [0, 0.05) is 6.54 Å². The van der Waals surface area contributed by atoms with E-state index in [-0.39, 0.29) is 36.3 Å². The van der Waals surface area contributed by atoms with Gasteiger partial charge in [-0.3, -0.25) is 14.4 Å². The van der Waals surface area contributed by atoms with Crippen LogP contribution in [0, 0.1) is 5.82 Å². The summed E-state index contributed by atoms with van der Waals surface area (Å²) in [5, 5.41) is 5.45. The number of H-pyrrole nitrogens is 1. The molecule has 0 spiro atoms.